The summed E-state index contributed by atoms with van der Waals surface area (Å²) in [6.45, 7) is 2.05. The van der Waals surface area contributed by atoms with Gasteiger partial charge in [-0.05, 0) is 18.6 Å². The van der Waals surface area contributed by atoms with Gasteiger partial charge < -0.3 is 4.74 Å². The summed E-state index contributed by atoms with van der Waals surface area (Å²) in [4.78, 5) is 0.175. The van der Waals surface area contributed by atoms with Crippen molar-refractivity contribution >= 4 is 15.9 Å². The lowest BCUT2D eigenvalue weighted by Crippen LogP contribution is -1.97. The lowest BCUT2D eigenvalue weighted by Gasteiger charge is -2.05. The first-order valence-corrected chi connectivity index (χ1v) is 6.47. The molecule has 1 unspecified atom stereocenters. The normalized spacial score (nSPS) is 12.4. The number of ether oxygens (including phenoxy) is 1. The van der Waals surface area contributed by atoms with Crippen molar-refractivity contribution in [1.29, 1.82) is 0 Å². The molecule has 2 rings (SSSR count). The molecule has 0 saturated heterocycles. The van der Waals surface area contributed by atoms with Crippen molar-refractivity contribution in [1.82, 2.24) is 15.0 Å². The minimum atomic E-state index is -0.395. The summed E-state index contributed by atoms with van der Waals surface area (Å²) >= 11 is 3.51. The van der Waals surface area contributed by atoms with Crippen molar-refractivity contribution in [3.8, 4) is 11.4 Å². The molecule has 1 atom stereocenters. The van der Waals surface area contributed by atoms with Crippen molar-refractivity contribution in [2.24, 2.45) is 0 Å². The van der Waals surface area contributed by atoms with Crippen molar-refractivity contribution in [2.75, 3.05) is 7.11 Å². The zero-order chi connectivity index (χ0) is 13.1. The number of nitrogens with zero attached hydrogens (tertiary/aromatic N) is 3. The zero-order valence-electron chi connectivity index (χ0n) is 10.1. The van der Waals surface area contributed by atoms with Crippen LogP contribution in [0, 0.1) is 5.82 Å². The van der Waals surface area contributed by atoms with Gasteiger partial charge in [0.15, 0.2) is 11.6 Å². The fourth-order valence-corrected chi connectivity index (χ4v) is 1.76. The maximum absolute atomic E-state index is 13.3. The maximum atomic E-state index is 13.3. The first-order valence-electron chi connectivity index (χ1n) is 5.56. The summed E-state index contributed by atoms with van der Waals surface area (Å²) in [6.07, 6.45) is 2.74. The van der Waals surface area contributed by atoms with E-state index in [4.69, 9.17) is 4.74 Å². The molecule has 0 fully saturated rings. The molecule has 2 aromatic rings. The molecule has 6 heteroatoms. The molecule has 1 heterocycles. The summed E-state index contributed by atoms with van der Waals surface area (Å²) in [5.74, 6) is -0.205. The van der Waals surface area contributed by atoms with Gasteiger partial charge in [0.05, 0.1) is 29.5 Å². The molecule has 4 nitrogen and oxygen atoms in total. The fraction of sp³-hybridized carbons (Fsp3) is 0.333. The van der Waals surface area contributed by atoms with Crippen LogP contribution < -0.4 is 4.74 Å². The standard InChI is InChI=1S/C12H13BrFN3O/c1-3-9(13)11-7-17(16-15-11)8-4-5-10(14)12(6-8)18-2/h4-7,9H,3H2,1-2H3. The first kappa shape index (κ1) is 13.0. The van der Waals surface area contributed by atoms with Gasteiger partial charge in [-0.3, -0.25) is 0 Å². The number of aromatic nitrogens is 3. The molecule has 96 valence electrons. The molecule has 0 amide bonds. The number of hydrogen-bond acceptors (Lipinski definition) is 3. The van der Waals surface area contributed by atoms with Crippen molar-refractivity contribution < 1.29 is 9.13 Å². The summed E-state index contributed by atoms with van der Waals surface area (Å²) in [5, 5.41) is 8.09. The molecule has 1 aromatic heterocycles. The van der Waals surface area contributed by atoms with E-state index < -0.39 is 5.82 Å². The van der Waals surface area contributed by atoms with E-state index in [9.17, 15) is 4.39 Å². The van der Waals surface area contributed by atoms with E-state index in [1.807, 2.05) is 6.20 Å². The van der Waals surface area contributed by atoms with Crippen molar-refractivity contribution in [3.05, 3.63) is 35.9 Å². The van der Waals surface area contributed by atoms with Gasteiger partial charge in [-0.2, -0.15) is 0 Å². The van der Waals surface area contributed by atoms with Crippen molar-refractivity contribution in [3.63, 3.8) is 0 Å². The minimum absolute atomic E-state index is 0.175. The van der Waals surface area contributed by atoms with E-state index in [-0.39, 0.29) is 10.6 Å². The summed E-state index contributed by atoms with van der Waals surface area (Å²) in [6, 6.07) is 4.56. The Bertz CT molecular complexity index is 544. The van der Waals surface area contributed by atoms with Crippen LogP contribution in [0.2, 0.25) is 0 Å². The molecular weight excluding hydrogens is 301 g/mol. The Balaban J connectivity index is 2.34. The summed E-state index contributed by atoms with van der Waals surface area (Å²) < 4.78 is 19.8. The predicted octanol–water partition coefficient (Wildman–Crippen LogP) is 3.26. The third kappa shape index (κ3) is 2.53. The lowest BCUT2D eigenvalue weighted by molar-refractivity contribution is 0.386. The quantitative estimate of drug-likeness (QED) is 0.813. The van der Waals surface area contributed by atoms with Crippen LogP contribution in [0.1, 0.15) is 23.9 Å². The zero-order valence-corrected chi connectivity index (χ0v) is 11.7. The number of benzene rings is 1. The fourth-order valence-electron chi connectivity index (χ4n) is 1.55. The van der Waals surface area contributed by atoms with Crippen LogP contribution in [0.3, 0.4) is 0 Å². The highest BCUT2D eigenvalue weighted by molar-refractivity contribution is 9.09. The molecule has 0 aliphatic rings. The highest BCUT2D eigenvalue weighted by atomic mass is 79.9. The average Bonchev–Trinajstić information content (AvgIpc) is 2.88. The Labute approximate surface area is 113 Å². The molecule has 1 aromatic carbocycles. The molecule has 0 radical (unpaired) electrons. The van der Waals surface area contributed by atoms with E-state index >= 15 is 0 Å². The molecule has 0 aliphatic heterocycles. The third-order valence-corrected chi connectivity index (χ3v) is 3.71. The lowest BCUT2D eigenvalue weighted by atomic mass is 10.2. The summed E-state index contributed by atoms with van der Waals surface area (Å²) in [5.41, 5.74) is 1.56. The smallest absolute Gasteiger partial charge is 0.165 e. The van der Waals surface area contributed by atoms with E-state index in [0.29, 0.717) is 5.69 Å². The number of hydrogen-bond donors (Lipinski definition) is 0. The van der Waals surface area contributed by atoms with Crippen LogP contribution in [0.4, 0.5) is 4.39 Å². The minimum Gasteiger partial charge on any atom is -0.494 e. The van der Waals surface area contributed by atoms with Gasteiger partial charge in [-0.15, -0.1) is 5.10 Å². The van der Waals surface area contributed by atoms with Gasteiger partial charge in [0, 0.05) is 6.07 Å². The topological polar surface area (TPSA) is 39.9 Å². The summed E-state index contributed by atoms with van der Waals surface area (Å²) in [7, 11) is 1.43. The van der Waals surface area contributed by atoms with E-state index in [0.717, 1.165) is 12.1 Å². The Morgan fingerprint density at radius 1 is 1.50 bits per heavy atom. The van der Waals surface area contributed by atoms with Gasteiger partial charge in [0.2, 0.25) is 0 Å². The molecule has 0 N–H and O–H groups in total. The van der Waals surface area contributed by atoms with Crippen molar-refractivity contribution in [2.45, 2.75) is 18.2 Å². The third-order valence-electron chi connectivity index (χ3n) is 2.59. The van der Waals surface area contributed by atoms with E-state index in [1.165, 1.54) is 13.2 Å². The highest BCUT2D eigenvalue weighted by Crippen LogP contribution is 2.25. The second-order valence-electron chi connectivity index (χ2n) is 3.78. The molecule has 0 saturated carbocycles. The van der Waals surface area contributed by atoms with Gasteiger partial charge in [-0.1, -0.05) is 28.1 Å². The number of halogens is 2. The van der Waals surface area contributed by atoms with Gasteiger partial charge in [-0.25, -0.2) is 9.07 Å². The maximum Gasteiger partial charge on any atom is 0.165 e. The predicted molar refractivity (Wildman–Crippen MR) is 69.8 cm³/mol. The van der Waals surface area contributed by atoms with Crippen LogP contribution in [-0.2, 0) is 0 Å². The molecule has 0 bridgehead atoms. The van der Waals surface area contributed by atoms with Crippen LogP contribution in [0.25, 0.3) is 5.69 Å². The Kier molecular flexibility index (Phi) is 3.96. The first-order chi connectivity index (χ1) is 8.65. The Morgan fingerprint density at radius 3 is 2.94 bits per heavy atom. The highest BCUT2D eigenvalue weighted by Gasteiger charge is 2.11. The number of rotatable bonds is 4. The second-order valence-corrected chi connectivity index (χ2v) is 4.89. The number of methoxy groups -OCH3 is 1. The number of alkyl halides is 1. The SMILES string of the molecule is CCC(Br)c1cn(-c2ccc(F)c(OC)c2)nn1. The Hall–Kier alpha value is -1.43. The van der Waals surface area contributed by atoms with Gasteiger partial charge in [0.1, 0.15) is 0 Å². The van der Waals surface area contributed by atoms with Crippen LogP contribution in [0.15, 0.2) is 24.4 Å². The average molecular weight is 314 g/mol. The molecule has 0 spiro atoms. The van der Waals surface area contributed by atoms with Crippen LogP contribution in [0.5, 0.6) is 5.75 Å². The van der Waals surface area contributed by atoms with E-state index in [1.54, 1.807) is 16.8 Å². The Morgan fingerprint density at radius 2 is 2.28 bits per heavy atom. The molecule has 0 aliphatic carbocycles. The van der Waals surface area contributed by atoms with Crippen LogP contribution >= 0.6 is 15.9 Å². The van der Waals surface area contributed by atoms with E-state index in [2.05, 4.69) is 33.2 Å². The largest absolute Gasteiger partial charge is 0.494 e. The van der Waals surface area contributed by atoms with Gasteiger partial charge >= 0.3 is 0 Å². The second kappa shape index (κ2) is 5.48. The monoisotopic (exact) mass is 313 g/mol. The molecule has 18 heavy (non-hydrogen) atoms. The van der Waals surface area contributed by atoms with Crippen LogP contribution in [-0.4, -0.2) is 22.1 Å². The van der Waals surface area contributed by atoms with Gasteiger partial charge in [0.25, 0.3) is 0 Å². The molecular formula is C12H13BrFN3O.